The van der Waals surface area contributed by atoms with Gasteiger partial charge in [0.1, 0.15) is 0 Å². The quantitative estimate of drug-likeness (QED) is 0.811. The molecule has 16 heavy (non-hydrogen) atoms. The summed E-state index contributed by atoms with van der Waals surface area (Å²) >= 11 is 0. The van der Waals surface area contributed by atoms with Crippen molar-refractivity contribution < 1.29 is 5.11 Å². The lowest BCUT2D eigenvalue weighted by atomic mass is 10.1. The van der Waals surface area contributed by atoms with E-state index >= 15 is 0 Å². The third-order valence-electron chi connectivity index (χ3n) is 2.43. The Bertz CT molecular complexity index is 520. The normalized spacial score (nSPS) is 10.2. The van der Waals surface area contributed by atoms with Crippen molar-refractivity contribution in [3.63, 3.8) is 0 Å². The van der Waals surface area contributed by atoms with Gasteiger partial charge in [-0.25, -0.2) is 4.98 Å². The van der Waals surface area contributed by atoms with Gasteiger partial charge in [-0.1, -0.05) is 30.3 Å². The van der Waals surface area contributed by atoms with Crippen molar-refractivity contribution in [3.8, 4) is 5.88 Å². The Kier molecular flexibility index (Phi) is 3.00. The smallest absolute Gasteiger partial charge is 0.257 e. The molecule has 0 spiro atoms. The monoisotopic (exact) mass is 216 g/mol. The molecule has 1 heterocycles. The number of hydrogen-bond acceptors (Lipinski definition) is 3. The Balaban J connectivity index is 2.14. The summed E-state index contributed by atoms with van der Waals surface area (Å²) in [7, 11) is 0. The van der Waals surface area contributed by atoms with Crippen LogP contribution in [0.2, 0.25) is 0 Å². The highest BCUT2D eigenvalue weighted by Gasteiger charge is 2.06. The number of nitrogens with one attached hydrogen (secondary N) is 1. The van der Waals surface area contributed by atoms with Crippen molar-refractivity contribution in [3.05, 3.63) is 58.1 Å². The SMILES string of the molecule is O=c1[nH]cnc(O)c1CCc1ccccc1. The van der Waals surface area contributed by atoms with Crippen LogP contribution in [0.25, 0.3) is 0 Å². The van der Waals surface area contributed by atoms with Gasteiger partial charge in [0.25, 0.3) is 5.56 Å². The maximum Gasteiger partial charge on any atom is 0.257 e. The second-order valence-electron chi connectivity index (χ2n) is 3.52. The molecule has 0 bridgehead atoms. The fourth-order valence-corrected chi connectivity index (χ4v) is 1.56. The first kappa shape index (κ1) is 10.4. The van der Waals surface area contributed by atoms with Crippen molar-refractivity contribution in [2.45, 2.75) is 12.8 Å². The molecule has 4 heteroatoms. The lowest BCUT2D eigenvalue weighted by Gasteiger charge is -2.02. The molecule has 0 fully saturated rings. The first-order valence-electron chi connectivity index (χ1n) is 5.07. The van der Waals surface area contributed by atoms with E-state index < -0.39 is 0 Å². The Morgan fingerprint density at radius 1 is 1.19 bits per heavy atom. The first-order chi connectivity index (χ1) is 7.77. The summed E-state index contributed by atoms with van der Waals surface area (Å²) in [5, 5.41) is 9.44. The third-order valence-corrected chi connectivity index (χ3v) is 2.43. The van der Waals surface area contributed by atoms with Crippen LogP contribution >= 0.6 is 0 Å². The summed E-state index contributed by atoms with van der Waals surface area (Å²) in [6.45, 7) is 0. The van der Waals surface area contributed by atoms with E-state index in [4.69, 9.17) is 0 Å². The molecule has 1 aromatic carbocycles. The largest absolute Gasteiger partial charge is 0.493 e. The van der Waals surface area contributed by atoms with Crippen molar-refractivity contribution in [1.82, 2.24) is 9.97 Å². The number of rotatable bonds is 3. The molecule has 0 aliphatic carbocycles. The molecule has 0 unspecified atom stereocenters. The van der Waals surface area contributed by atoms with Crippen LogP contribution < -0.4 is 5.56 Å². The standard InChI is InChI=1S/C12H12N2O2/c15-11-10(12(16)14-8-13-11)7-6-9-4-2-1-3-5-9/h1-5,8H,6-7H2,(H2,13,14,15,16). The molecule has 0 amide bonds. The average Bonchev–Trinajstić information content (AvgIpc) is 2.30. The number of hydrogen-bond donors (Lipinski definition) is 2. The van der Waals surface area contributed by atoms with Crippen molar-refractivity contribution >= 4 is 0 Å². The zero-order valence-electron chi connectivity index (χ0n) is 8.68. The number of H-pyrrole nitrogens is 1. The van der Waals surface area contributed by atoms with E-state index in [-0.39, 0.29) is 11.4 Å². The van der Waals surface area contributed by atoms with Crippen LogP contribution in [0.1, 0.15) is 11.1 Å². The highest BCUT2D eigenvalue weighted by atomic mass is 16.3. The van der Waals surface area contributed by atoms with E-state index in [2.05, 4.69) is 9.97 Å². The van der Waals surface area contributed by atoms with Gasteiger partial charge in [0, 0.05) is 0 Å². The van der Waals surface area contributed by atoms with E-state index in [1.165, 1.54) is 6.33 Å². The second kappa shape index (κ2) is 4.61. The van der Waals surface area contributed by atoms with Crippen LogP contribution in [-0.2, 0) is 12.8 Å². The summed E-state index contributed by atoms with van der Waals surface area (Å²) in [5.41, 5.74) is 1.19. The molecular formula is C12H12N2O2. The number of aromatic nitrogens is 2. The van der Waals surface area contributed by atoms with Crippen molar-refractivity contribution in [1.29, 1.82) is 0 Å². The van der Waals surface area contributed by atoms with E-state index in [0.29, 0.717) is 18.4 Å². The van der Waals surface area contributed by atoms with Crippen LogP contribution in [0.4, 0.5) is 0 Å². The zero-order chi connectivity index (χ0) is 11.4. The number of aromatic hydroxyl groups is 1. The molecule has 0 atom stereocenters. The Morgan fingerprint density at radius 2 is 1.94 bits per heavy atom. The van der Waals surface area contributed by atoms with Crippen LogP contribution in [0.3, 0.4) is 0 Å². The van der Waals surface area contributed by atoms with Gasteiger partial charge in [0.05, 0.1) is 11.9 Å². The van der Waals surface area contributed by atoms with Crippen molar-refractivity contribution in [2.75, 3.05) is 0 Å². The van der Waals surface area contributed by atoms with Gasteiger partial charge in [-0.15, -0.1) is 0 Å². The van der Waals surface area contributed by atoms with Crippen LogP contribution in [0.15, 0.2) is 41.5 Å². The Hall–Kier alpha value is -2.10. The molecule has 2 N–H and O–H groups in total. The fourth-order valence-electron chi connectivity index (χ4n) is 1.56. The molecule has 0 aliphatic rings. The minimum atomic E-state index is -0.275. The topological polar surface area (TPSA) is 66.0 Å². The van der Waals surface area contributed by atoms with Crippen LogP contribution in [-0.4, -0.2) is 15.1 Å². The predicted octanol–water partition coefficient (Wildman–Crippen LogP) is 1.26. The molecule has 0 saturated heterocycles. The average molecular weight is 216 g/mol. The summed E-state index contributed by atoms with van der Waals surface area (Å²) in [6, 6.07) is 9.81. The maximum atomic E-state index is 11.4. The Labute approximate surface area is 92.6 Å². The van der Waals surface area contributed by atoms with Crippen molar-refractivity contribution in [2.24, 2.45) is 0 Å². The van der Waals surface area contributed by atoms with Gasteiger partial charge in [-0.3, -0.25) is 4.79 Å². The van der Waals surface area contributed by atoms with E-state index in [9.17, 15) is 9.90 Å². The number of aryl methyl sites for hydroxylation is 1. The lowest BCUT2D eigenvalue weighted by Crippen LogP contribution is -2.13. The summed E-state index contributed by atoms with van der Waals surface area (Å²) in [4.78, 5) is 17.5. The van der Waals surface area contributed by atoms with Gasteiger partial charge >= 0.3 is 0 Å². The highest BCUT2D eigenvalue weighted by Crippen LogP contribution is 2.10. The molecule has 4 nitrogen and oxygen atoms in total. The molecule has 0 saturated carbocycles. The van der Waals surface area contributed by atoms with Gasteiger partial charge in [-0.05, 0) is 18.4 Å². The molecule has 0 aliphatic heterocycles. The van der Waals surface area contributed by atoms with E-state index in [1.807, 2.05) is 30.3 Å². The maximum absolute atomic E-state index is 11.4. The first-order valence-corrected chi connectivity index (χ1v) is 5.07. The van der Waals surface area contributed by atoms with Crippen LogP contribution in [0, 0.1) is 0 Å². The molecule has 0 radical (unpaired) electrons. The van der Waals surface area contributed by atoms with E-state index in [0.717, 1.165) is 5.56 Å². The minimum Gasteiger partial charge on any atom is -0.493 e. The predicted molar refractivity (Wildman–Crippen MR) is 60.4 cm³/mol. The molecule has 2 rings (SSSR count). The zero-order valence-corrected chi connectivity index (χ0v) is 8.68. The lowest BCUT2D eigenvalue weighted by molar-refractivity contribution is 0.442. The molecule has 82 valence electrons. The van der Waals surface area contributed by atoms with Gasteiger partial charge < -0.3 is 10.1 Å². The highest BCUT2D eigenvalue weighted by molar-refractivity contribution is 5.23. The van der Waals surface area contributed by atoms with Gasteiger partial charge in [-0.2, -0.15) is 0 Å². The summed E-state index contributed by atoms with van der Waals surface area (Å²) in [5.74, 6) is -0.181. The molecule has 2 aromatic rings. The molecule has 1 aromatic heterocycles. The molecular weight excluding hydrogens is 204 g/mol. The van der Waals surface area contributed by atoms with Gasteiger partial charge in [0.2, 0.25) is 5.88 Å². The third kappa shape index (κ3) is 2.28. The van der Waals surface area contributed by atoms with Gasteiger partial charge in [0.15, 0.2) is 0 Å². The summed E-state index contributed by atoms with van der Waals surface area (Å²) < 4.78 is 0. The fraction of sp³-hybridized carbons (Fsp3) is 0.167. The number of aromatic amines is 1. The Morgan fingerprint density at radius 3 is 2.62 bits per heavy atom. The number of benzene rings is 1. The number of nitrogens with zero attached hydrogens (tertiary/aromatic N) is 1. The summed E-state index contributed by atoms with van der Waals surface area (Å²) in [6.07, 6.45) is 2.39. The van der Waals surface area contributed by atoms with E-state index in [1.54, 1.807) is 0 Å². The second-order valence-corrected chi connectivity index (χ2v) is 3.52. The minimum absolute atomic E-state index is 0.181. The van der Waals surface area contributed by atoms with Crippen LogP contribution in [0.5, 0.6) is 5.88 Å².